The van der Waals surface area contributed by atoms with Gasteiger partial charge >= 0.3 is 0 Å². The summed E-state index contributed by atoms with van der Waals surface area (Å²) in [6.07, 6.45) is 1.97. The van der Waals surface area contributed by atoms with Gasteiger partial charge in [0.2, 0.25) is 0 Å². The predicted molar refractivity (Wildman–Crippen MR) is 111 cm³/mol. The van der Waals surface area contributed by atoms with Crippen LogP contribution >= 0.6 is 24.0 Å². The zero-order chi connectivity index (χ0) is 18.5. The average molecular weight is 407 g/mol. The van der Waals surface area contributed by atoms with E-state index in [9.17, 15) is 9.59 Å². The van der Waals surface area contributed by atoms with Gasteiger partial charge in [-0.15, -0.1) is 12.4 Å². The lowest BCUT2D eigenvalue weighted by Gasteiger charge is -2.32. The first kappa shape index (κ1) is 21.4. The Kier molecular flexibility index (Phi) is 7.84. The Hall–Kier alpha value is -1.88. The van der Waals surface area contributed by atoms with E-state index in [1.165, 1.54) is 0 Å². The van der Waals surface area contributed by atoms with Gasteiger partial charge in [-0.05, 0) is 62.7 Å². The Morgan fingerprint density at radius 2 is 1.63 bits per heavy atom. The van der Waals surface area contributed by atoms with Gasteiger partial charge in [-0.1, -0.05) is 29.8 Å². The number of carbonyl (C=O) groups is 2. The summed E-state index contributed by atoms with van der Waals surface area (Å²) in [4.78, 5) is 27.8. The van der Waals surface area contributed by atoms with E-state index in [0.717, 1.165) is 32.5 Å². The molecule has 6 heteroatoms. The van der Waals surface area contributed by atoms with Gasteiger partial charge in [0.15, 0.2) is 5.78 Å². The number of carbonyl (C=O) groups excluding carboxylic acids is 2. The lowest BCUT2D eigenvalue weighted by atomic mass is 9.94. The molecule has 1 aliphatic heterocycles. The first-order valence-electron chi connectivity index (χ1n) is 8.93. The van der Waals surface area contributed by atoms with Crippen molar-refractivity contribution in [3.8, 4) is 0 Å². The number of nitrogens with zero attached hydrogens (tertiary/aromatic N) is 1. The van der Waals surface area contributed by atoms with Crippen molar-refractivity contribution in [3.63, 3.8) is 0 Å². The Balaban J connectivity index is 0.00000261. The van der Waals surface area contributed by atoms with Crippen LogP contribution in [-0.4, -0.2) is 43.3 Å². The standard InChI is InChI=1S/C21H23ClN2O2.ClH/c1-23-14-15-10-12-24(13-11-15)21(26)19-5-3-2-4-18(19)20(25)16-6-8-17(22)9-7-16;/h2-9,15,23H,10-14H2,1H3;1H. The summed E-state index contributed by atoms with van der Waals surface area (Å²) in [6.45, 7) is 2.44. The lowest BCUT2D eigenvalue weighted by molar-refractivity contribution is 0.0687. The van der Waals surface area contributed by atoms with Crippen LogP contribution in [0.5, 0.6) is 0 Å². The summed E-state index contributed by atoms with van der Waals surface area (Å²) >= 11 is 5.90. The summed E-state index contributed by atoms with van der Waals surface area (Å²) in [5, 5.41) is 3.78. The number of rotatable bonds is 5. The van der Waals surface area contributed by atoms with Gasteiger partial charge in [0.05, 0.1) is 5.56 Å². The fourth-order valence-electron chi connectivity index (χ4n) is 3.42. The van der Waals surface area contributed by atoms with Gasteiger partial charge < -0.3 is 10.2 Å². The van der Waals surface area contributed by atoms with Crippen LogP contribution in [0.15, 0.2) is 48.5 Å². The highest BCUT2D eigenvalue weighted by Crippen LogP contribution is 2.22. The number of amides is 1. The van der Waals surface area contributed by atoms with Gasteiger partial charge in [0.25, 0.3) is 5.91 Å². The largest absolute Gasteiger partial charge is 0.339 e. The first-order valence-corrected chi connectivity index (χ1v) is 9.31. The van der Waals surface area contributed by atoms with E-state index in [1.807, 2.05) is 11.9 Å². The van der Waals surface area contributed by atoms with Gasteiger partial charge in [0, 0.05) is 29.2 Å². The second-order valence-corrected chi connectivity index (χ2v) is 7.11. The average Bonchev–Trinajstić information content (AvgIpc) is 2.68. The van der Waals surface area contributed by atoms with Gasteiger partial charge in [0.1, 0.15) is 0 Å². The molecule has 0 saturated carbocycles. The molecule has 0 aliphatic carbocycles. The zero-order valence-corrected chi connectivity index (χ0v) is 16.9. The lowest BCUT2D eigenvalue weighted by Crippen LogP contribution is -2.40. The molecule has 2 aromatic rings. The molecule has 0 unspecified atom stereocenters. The first-order chi connectivity index (χ1) is 12.6. The van der Waals surface area contributed by atoms with Crippen LogP contribution in [0.2, 0.25) is 5.02 Å². The van der Waals surface area contributed by atoms with Gasteiger partial charge in [-0.2, -0.15) is 0 Å². The van der Waals surface area contributed by atoms with Crippen LogP contribution in [0.25, 0.3) is 0 Å². The molecule has 1 aliphatic rings. The fourth-order valence-corrected chi connectivity index (χ4v) is 3.55. The number of nitrogens with one attached hydrogen (secondary N) is 1. The van der Waals surface area contributed by atoms with E-state index in [0.29, 0.717) is 27.6 Å². The third kappa shape index (κ3) is 5.10. The number of hydrogen-bond acceptors (Lipinski definition) is 3. The highest BCUT2D eigenvalue weighted by molar-refractivity contribution is 6.30. The maximum absolute atomic E-state index is 13.0. The molecule has 144 valence electrons. The minimum absolute atomic E-state index is 0. The maximum Gasteiger partial charge on any atom is 0.254 e. The van der Waals surface area contributed by atoms with Crippen molar-refractivity contribution < 1.29 is 9.59 Å². The third-order valence-corrected chi connectivity index (χ3v) is 5.16. The molecule has 3 rings (SSSR count). The molecule has 4 nitrogen and oxygen atoms in total. The molecule has 1 saturated heterocycles. The topological polar surface area (TPSA) is 49.4 Å². The molecule has 1 N–H and O–H groups in total. The second kappa shape index (κ2) is 9.88. The molecular formula is C21H24Cl2N2O2. The van der Waals surface area contributed by atoms with Crippen LogP contribution in [-0.2, 0) is 0 Å². The molecule has 0 aromatic heterocycles. The molecule has 0 radical (unpaired) electrons. The summed E-state index contributed by atoms with van der Waals surface area (Å²) < 4.78 is 0. The van der Waals surface area contributed by atoms with Gasteiger partial charge in [-0.25, -0.2) is 0 Å². The van der Waals surface area contributed by atoms with Crippen molar-refractivity contribution in [1.82, 2.24) is 10.2 Å². The van der Waals surface area contributed by atoms with Crippen LogP contribution in [0.1, 0.15) is 39.1 Å². The van der Waals surface area contributed by atoms with Crippen LogP contribution in [0.3, 0.4) is 0 Å². The molecule has 0 atom stereocenters. The zero-order valence-electron chi connectivity index (χ0n) is 15.3. The van der Waals surface area contributed by atoms with Crippen LogP contribution < -0.4 is 5.32 Å². The van der Waals surface area contributed by atoms with E-state index >= 15 is 0 Å². The smallest absolute Gasteiger partial charge is 0.254 e. The minimum Gasteiger partial charge on any atom is -0.339 e. The molecule has 27 heavy (non-hydrogen) atoms. The van der Waals surface area contributed by atoms with Crippen molar-refractivity contribution in [3.05, 3.63) is 70.2 Å². The van der Waals surface area contributed by atoms with Crippen molar-refractivity contribution in [2.75, 3.05) is 26.7 Å². The number of halogens is 2. The SMILES string of the molecule is CNCC1CCN(C(=O)c2ccccc2C(=O)c2ccc(Cl)cc2)CC1.Cl. The van der Waals surface area contributed by atoms with Crippen LogP contribution in [0, 0.1) is 5.92 Å². The quantitative estimate of drug-likeness (QED) is 0.761. The number of hydrogen-bond donors (Lipinski definition) is 1. The summed E-state index contributed by atoms with van der Waals surface area (Å²) in [6, 6.07) is 13.8. The van der Waals surface area contributed by atoms with Crippen molar-refractivity contribution in [2.24, 2.45) is 5.92 Å². The molecule has 1 heterocycles. The van der Waals surface area contributed by atoms with Crippen molar-refractivity contribution in [2.45, 2.75) is 12.8 Å². The van der Waals surface area contributed by atoms with E-state index in [-0.39, 0.29) is 24.1 Å². The summed E-state index contributed by atoms with van der Waals surface area (Å²) in [5.74, 6) is 0.386. The highest BCUT2D eigenvalue weighted by atomic mass is 35.5. The molecule has 1 fully saturated rings. The molecule has 1 amide bonds. The number of ketones is 1. The molecular weight excluding hydrogens is 383 g/mol. The Morgan fingerprint density at radius 3 is 2.22 bits per heavy atom. The monoisotopic (exact) mass is 406 g/mol. The summed E-state index contributed by atoms with van der Waals surface area (Å²) in [7, 11) is 1.95. The summed E-state index contributed by atoms with van der Waals surface area (Å²) in [5.41, 5.74) is 1.44. The van der Waals surface area contributed by atoms with E-state index in [2.05, 4.69) is 5.32 Å². The van der Waals surface area contributed by atoms with E-state index in [4.69, 9.17) is 11.6 Å². The van der Waals surface area contributed by atoms with E-state index < -0.39 is 0 Å². The third-order valence-electron chi connectivity index (χ3n) is 4.90. The van der Waals surface area contributed by atoms with Crippen LogP contribution in [0.4, 0.5) is 0 Å². The normalized spacial score (nSPS) is 14.5. The molecule has 0 spiro atoms. The minimum atomic E-state index is -0.157. The Labute approximate surface area is 171 Å². The number of likely N-dealkylation sites (tertiary alicyclic amines) is 1. The number of benzene rings is 2. The highest BCUT2D eigenvalue weighted by Gasteiger charge is 2.26. The van der Waals surface area contributed by atoms with Gasteiger partial charge in [-0.3, -0.25) is 9.59 Å². The van der Waals surface area contributed by atoms with Crippen molar-refractivity contribution in [1.29, 1.82) is 0 Å². The Bertz CT molecular complexity index is 785. The predicted octanol–water partition coefficient (Wildman–Crippen LogP) is 4.06. The second-order valence-electron chi connectivity index (χ2n) is 6.67. The molecule has 2 aromatic carbocycles. The van der Waals surface area contributed by atoms with Crippen molar-refractivity contribution >= 4 is 35.7 Å². The Morgan fingerprint density at radius 1 is 1.04 bits per heavy atom. The fraction of sp³-hybridized carbons (Fsp3) is 0.333. The number of piperidine rings is 1. The molecule has 0 bridgehead atoms. The van der Waals surface area contributed by atoms with E-state index in [1.54, 1.807) is 48.5 Å². The maximum atomic E-state index is 13.0.